The average molecular weight is 357 g/mol. The molecule has 26 heavy (non-hydrogen) atoms. The Hall–Kier alpha value is -2.91. The van der Waals surface area contributed by atoms with E-state index in [1.54, 1.807) is 11.3 Å². The zero-order valence-electron chi connectivity index (χ0n) is 14.7. The predicted octanol–water partition coefficient (Wildman–Crippen LogP) is 6.44. The predicted molar refractivity (Wildman–Crippen MR) is 111 cm³/mol. The van der Waals surface area contributed by atoms with Crippen molar-refractivity contribution in [2.24, 2.45) is 0 Å². The van der Waals surface area contributed by atoms with Crippen LogP contribution in [0.1, 0.15) is 21.5 Å². The van der Waals surface area contributed by atoms with E-state index in [0.717, 1.165) is 27.1 Å². The molecule has 0 aliphatic carbocycles. The van der Waals surface area contributed by atoms with Crippen LogP contribution < -0.4 is 5.32 Å². The van der Waals surface area contributed by atoms with Gasteiger partial charge in [-0.3, -0.25) is 4.79 Å². The fourth-order valence-corrected chi connectivity index (χ4v) is 3.93. The van der Waals surface area contributed by atoms with Gasteiger partial charge in [0.1, 0.15) is 0 Å². The number of thiophene rings is 1. The maximum Gasteiger partial charge on any atom is 0.255 e. The zero-order valence-corrected chi connectivity index (χ0v) is 15.6. The lowest BCUT2D eigenvalue weighted by Crippen LogP contribution is -2.12. The van der Waals surface area contributed by atoms with Gasteiger partial charge in [-0.05, 0) is 60.2 Å². The lowest BCUT2D eigenvalue weighted by Gasteiger charge is -2.11. The molecular weight excluding hydrogens is 338 g/mol. The maximum absolute atomic E-state index is 12.9. The summed E-state index contributed by atoms with van der Waals surface area (Å²) in [5.74, 6) is -0.0806. The third-order valence-electron chi connectivity index (χ3n) is 4.59. The molecule has 0 radical (unpaired) electrons. The first-order valence-corrected chi connectivity index (χ1v) is 9.45. The Morgan fingerprint density at radius 1 is 0.923 bits per heavy atom. The van der Waals surface area contributed by atoms with E-state index >= 15 is 0 Å². The highest BCUT2D eigenvalue weighted by molar-refractivity contribution is 7.17. The molecule has 4 rings (SSSR count). The van der Waals surface area contributed by atoms with Crippen LogP contribution in [-0.2, 0) is 0 Å². The van der Waals surface area contributed by atoms with Crippen molar-refractivity contribution in [2.45, 2.75) is 13.8 Å². The Morgan fingerprint density at radius 2 is 1.69 bits per heavy atom. The monoisotopic (exact) mass is 357 g/mol. The van der Waals surface area contributed by atoms with Gasteiger partial charge in [-0.15, -0.1) is 11.3 Å². The summed E-state index contributed by atoms with van der Waals surface area (Å²) >= 11 is 1.66. The lowest BCUT2D eigenvalue weighted by molar-refractivity contribution is 0.102. The molecule has 0 aliphatic heterocycles. The Morgan fingerprint density at radius 3 is 2.46 bits per heavy atom. The second-order valence-corrected chi connectivity index (χ2v) is 7.44. The molecule has 0 atom stereocenters. The molecule has 0 saturated carbocycles. The molecule has 0 bridgehead atoms. The van der Waals surface area contributed by atoms with Crippen LogP contribution in [0.25, 0.3) is 21.2 Å². The van der Waals surface area contributed by atoms with Gasteiger partial charge >= 0.3 is 0 Å². The Bertz CT molecular complexity index is 1090. The molecule has 1 heterocycles. The molecule has 0 aliphatic rings. The number of para-hydroxylation sites is 1. The topological polar surface area (TPSA) is 29.1 Å². The quantitative estimate of drug-likeness (QED) is 0.449. The van der Waals surface area contributed by atoms with Crippen molar-refractivity contribution in [2.75, 3.05) is 5.32 Å². The standard InChI is InChI=1S/C23H19NOS/c1-15-7-9-17(10-8-15)20-13-18(14-22-19(20)11-12-26-22)23(25)24-21-6-4-3-5-16(21)2/h3-14H,1-2H3,(H,24,25). The van der Waals surface area contributed by atoms with Crippen LogP contribution in [-0.4, -0.2) is 5.91 Å². The fraction of sp³-hybridized carbons (Fsp3) is 0.0870. The summed E-state index contributed by atoms with van der Waals surface area (Å²) in [7, 11) is 0. The van der Waals surface area contributed by atoms with Crippen molar-refractivity contribution in [3.8, 4) is 11.1 Å². The average Bonchev–Trinajstić information content (AvgIpc) is 3.12. The third-order valence-corrected chi connectivity index (χ3v) is 5.45. The molecule has 0 saturated heterocycles. The third kappa shape index (κ3) is 3.14. The second-order valence-electron chi connectivity index (χ2n) is 6.49. The smallest absolute Gasteiger partial charge is 0.255 e. The van der Waals surface area contributed by atoms with E-state index in [1.807, 2.05) is 43.3 Å². The molecular formula is C23H19NOS. The summed E-state index contributed by atoms with van der Waals surface area (Å²) in [6, 6.07) is 22.4. The normalized spacial score (nSPS) is 10.8. The van der Waals surface area contributed by atoms with Crippen LogP contribution in [0.4, 0.5) is 5.69 Å². The van der Waals surface area contributed by atoms with Crippen LogP contribution >= 0.6 is 11.3 Å². The molecule has 3 heteroatoms. The molecule has 2 nitrogen and oxygen atoms in total. The molecule has 1 amide bonds. The van der Waals surface area contributed by atoms with Gasteiger partial charge in [-0.2, -0.15) is 0 Å². The minimum Gasteiger partial charge on any atom is -0.322 e. The van der Waals surface area contributed by atoms with Crippen LogP contribution in [0.15, 0.2) is 72.1 Å². The van der Waals surface area contributed by atoms with Gasteiger partial charge in [0.05, 0.1) is 0 Å². The number of benzene rings is 3. The summed E-state index contributed by atoms with van der Waals surface area (Å²) in [6.45, 7) is 4.08. The number of fused-ring (bicyclic) bond motifs is 1. The van der Waals surface area contributed by atoms with Crippen LogP contribution in [0.3, 0.4) is 0 Å². The summed E-state index contributed by atoms with van der Waals surface area (Å²) in [5.41, 5.74) is 6.03. The van der Waals surface area contributed by atoms with Gasteiger partial charge in [-0.1, -0.05) is 48.0 Å². The van der Waals surface area contributed by atoms with Crippen molar-refractivity contribution in [3.05, 3.63) is 88.8 Å². The van der Waals surface area contributed by atoms with Gasteiger partial charge < -0.3 is 5.32 Å². The number of rotatable bonds is 3. The van der Waals surface area contributed by atoms with E-state index in [9.17, 15) is 4.79 Å². The maximum atomic E-state index is 12.9. The van der Waals surface area contributed by atoms with Crippen LogP contribution in [0.2, 0.25) is 0 Å². The first-order valence-electron chi connectivity index (χ1n) is 8.57. The van der Waals surface area contributed by atoms with E-state index in [2.05, 4.69) is 48.0 Å². The number of anilines is 1. The largest absolute Gasteiger partial charge is 0.322 e. The van der Waals surface area contributed by atoms with Gasteiger partial charge in [0, 0.05) is 21.3 Å². The number of carbonyl (C=O) groups is 1. The van der Waals surface area contributed by atoms with Crippen LogP contribution in [0, 0.1) is 13.8 Å². The molecule has 1 aromatic heterocycles. The summed E-state index contributed by atoms with van der Waals surface area (Å²) in [5, 5.41) is 6.30. The number of hydrogen-bond acceptors (Lipinski definition) is 2. The first-order chi connectivity index (χ1) is 12.6. The Balaban J connectivity index is 1.77. The van der Waals surface area contributed by atoms with Crippen molar-refractivity contribution < 1.29 is 4.79 Å². The van der Waals surface area contributed by atoms with Crippen LogP contribution in [0.5, 0.6) is 0 Å². The van der Waals surface area contributed by atoms with E-state index in [0.29, 0.717) is 5.56 Å². The minimum atomic E-state index is -0.0806. The highest BCUT2D eigenvalue weighted by Crippen LogP contribution is 2.33. The highest BCUT2D eigenvalue weighted by Gasteiger charge is 2.13. The molecule has 3 aromatic carbocycles. The van der Waals surface area contributed by atoms with Gasteiger partial charge in [-0.25, -0.2) is 0 Å². The minimum absolute atomic E-state index is 0.0806. The van der Waals surface area contributed by atoms with Gasteiger partial charge in [0.25, 0.3) is 5.91 Å². The van der Waals surface area contributed by atoms with Crippen molar-refractivity contribution >= 4 is 33.0 Å². The molecule has 0 spiro atoms. The molecule has 0 fully saturated rings. The number of nitrogens with one attached hydrogen (secondary N) is 1. The van der Waals surface area contributed by atoms with Crippen molar-refractivity contribution in [1.82, 2.24) is 0 Å². The summed E-state index contributed by atoms with van der Waals surface area (Å²) in [4.78, 5) is 12.9. The summed E-state index contributed by atoms with van der Waals surface area (Å²) in [6.07, 6.45) is 0. The van der Waals surface area contributed by atoms with E-state index < -0.39 is 0 Å². The number of aryl methyl sites for hydroxylation is 2. The highest BCUT2D eigenvalue weighted by atomic mass is 32.1. The Kier molecular flexibility index (Phi) is 4.31. The molecule has 1 N–H and O–H groups in total. The van der Waals surface area contributed by atoms with E-state index in [1.165, 1.54) is 10.9 Å². The summed E-state index contributed by atoms with van der Waals surface area (Å²) < 4.78 is 1.12. The van der Waals surface area contributed by atoms with Crippen molar-refractivity contribution in [3.63, 3.8) is 0 Å². The molecule has 128 valence electrons. The number of carbonyl (C=O) groups excluding carboxylic acids is 1. The first kappa shape index (κ1) is 16.6. The SMILES string of the molecule is Cc1ccc(-c2cc(C(=O)Nc3ccccc3C)cc3sccc23)cc1. The lowest BCUT2D eigenvalue weighted by atomic mass is 9.98. The zero-order chi connectivity index (χ0) is 18.1. The van der Waals surface area contributed by atoms with Gasteiger partial charge in [0.15, 0.2) is 0 Å². The molecule has 0 unspecified atom stereocenters. The number of hydrogen-bond donors (Lipinski definition) is 1. The molecule has 4 aromatic rings. The van der Waals surface area contributed by atoms with E-state index in [4.69, 9.17) is 0 Å². The Labute approximate surface area is 157 Å². The van der Waals surface area contributed by atoms with Crippen molar-refractivity contribution in [1.29, 1.82) is 0 Å². The fourth-order valence-electron chi connectivity index (χ4n) is 3.08. The van der Waals surface area contributed by atoms with Gasteiger partial charge in [0.2, 0.25) is 0 Å². The second kappa shape index (κ2) is 6.77. The number of amides is 1. The van der Waals surface area contributed by atoms with E-state index in [-0.39, 0.29) is 5.91 Å².